The van der Waals surface area contributed by atoms with Gasteiger partial charge >= 0.3 is 0 Å². The van der Waals surface area contributed by atoms with E-state index in [9.17, 15) is 9.59 Å². The number of nitrogens with two attached hydrogens (primary N) is 1. The van der Waals surface area contributed by atoms with Crippen LogP contribution >= 0.6 is 11.6 Å². The van der Waals surface area contributed by atoms with Gasteiger partial charge in [-0.25, -0.2) is 0 Å². The number of nitrogens with zero attached hydrogens (tertiary/aromatic N) is 1. The van der Waals surface area contributed by atoms with Gasteiger partial charge < -0.3 is 15.3 Å². The van der Waals surface area contributed by atoms with Crippen molar-refractivity contribution in [3.63, 3.8) is 0 Å². The summed E-state index contributed by atoms with van der Waals surface area (Å²) in [6, 6.07) is 13.2. The summed E-state index contributed by atoms with van der Waals surface area (Å²) in [4.78, 5) is 28.8. The third-order valence-electron chi connectivity index (χ3n) is 5.27. The van der Waals surface area contributed by atoms with Crippen LogP contribution in [0.5, 0.6) is 0 Å². The molecule has 29 heavy (non-hydrogen) atoms. The Morgan fingerprint density at radius 1 is 0.966 bits per heavy atom. The molecule has 1 aliphatic heterocycles. The smallest absolute Gasteiger partial charge is 0.259 e. The van der Waals surface area contributed by atoms with E-state index in [1.54, 1.807) is 18.3 Å². The fourth-order valence-corrected chi connectivity index (χ4v) is 4.21. The molecule has 4 N–H and O–H groups in total. The molecule has 0 fully saturated rings. The van der Waals surface area contributed by atoms with Crippen LogP contribution in [0.15, 0.2) is 54.9 Å². The normalized spacial score (nSPS) is 14.4. The summed E-state index contributed by atoms with van der Waals surface area (Å²) in [5.41, 5.74) is 9.64. The van der Waals surface area contributed by atoms with Gasteiger partial charge in [0.25, 0.3) is 11.8 Å². The number of nitrogens with one attached hydrogen (secondary N) is 2. The summed E-state index contributed by atoms with van der Waals surface area (Å²) in [7, 11) is 0. The lowest BCUT2D eigenvalue weighted by atomic mass is 9.95. The average Bonchev–Trinajstić information content (AvgIpc) is 3.35. The summed E-state index contributed by atoms with van der Waals surface area (Å²) in [6.45, 7) is 1.08. The molecule has 1 aliphatic rings. The van der Waals surface area contributed by atoms with Gasteiger partial charge in [0.15, 0.2) is 0 Å². The number of benzene rings is 2. The molecular formula is C22H17ClN4O2. The highest BCUT2D eigenvalue weighted by atomic mass is 35.5. The number of imide groups is 1. The van der Waals surface area contributed by atoms with Crippen molar-refractivity contribution in [2.45, 2.75) is 6.54 Å². The minimum absolute atomic E-state index is 0.346. The molecule has 0 bridgehead atoms. The molecule has 0 saturated carbocycles. The number of amides is 2. The second-order valence-corrected chi connectivity index (χ2v) is 7.40. The second-order valence-electron chi connectivity index (χ2n) is 6.97. The lowest BCUT2D eigenvalue weighted by molar-refractivity contribution is -0.122. The Hall–Kier alpha value is -3.35. The molecule has 144 valence electrons. The van der Waals surface area contributed by atoms with E-state index in [1.807, 2.05) is 41.1 Å². The largest absolute Gasteiger partial charge is 0.361 e. The Labute approximate surface area is 170 Å². The maximum absolute atomic E-state index is 12.8. The van der Waals surface area contributed by atoms with Gasteiger partial charge in [0.1, 0.15) is 0 Å². The second kappa shape index (κ2) is 6.62. The quantitative estimate of drug-likeness (QED) is 0.455. The number of H-pyrrole nitrogens is 1. The van der Waals surface area contributed by atoms with E-state index in [4.69, 9.17) is 17.3 Å². The number of carbonyl (C=O) groups is 2. The van der Waals surface area contributed by atoms with Crippen molar-refractivity contribution in [2.24, 2.45) is 5.73 Å². The van der Waals surface area contributed by atoms with Gasteiger partial charge in [-0.05, 0) is 24.3 Å². The van der Waals surface area contributed by atoms with Crippen LogP contribution in [0, 0.1) is 0 Å². The third kappa shape index (κ3) is 2.68. The van der Waals surface area contributed by atoms with Crippen molar-refractivity contribution in [1.29, 1.82) is 0 Å². The first kappa shape index (κ1) is 17.7. The zero-order valence-corrected chi connectivity index (χ0v) is 16.1. The predicted octanol–water partition coefficient (Wildman–Crippen LogP) is 3.30. The highest BCUT2D eigenvalue weighted by molar-refractivity contribution is 6.50. The summed E-state index contributed by atoms with van der Waals surface area (Å²) in [5, 5.41) is 4.71. The lowest BCUT2D eigenvalue weighted by Gasteiger charge is -2.03. The lowest BCUT2D eigenvalue weighted by Crippen LogP contribution is -2.22. The number of halogens is 1. The van der Waals surface area contributed by atoms with Gasteiger partial charge in [-0.15, -0.1) is 0 Å². The molecule has 0 spiro atoms. The van der Waals surface area contributed by atoms with E-state index in [0.29, 0.717) is 40.4 Å². The van der Waals surface area contributed by atoms with Crippen LogP contribution < -0.4 is 11.1 Å². The summed E-state index contributed by atoms with van der Waals surface area (Å²) in [6.07, 6.45) is 3.64. The van der Waals surface area contributed by atoms with Crippen LogP contribution in [0.25, 0.3) is 33.0 Å². The molecule has 4 aromatic rings. The van der Waals surface area contributed by atoms with Crippen LogP contribution in [0.3, 0.4) is 0 Å². The number of carbonyl (C=O) groups excluding carboxylic acids is 2. The van der Waals surface area contributed by atoms with Crippen molar-refractivity contribution in [3.05, 3.63) is 71.0 Å². The highest BCUT2D eigenvalue weighted by Gasteiger charge is 2.35. The number of hydrogen-bond acceptors (Lipinski definition) is 3. The van der Waals surface area contributed by atoms with Gasteiger partial charge in [-0.3, -0.25) is 14.9 Å². The zero-order valence-electron chi connectivity index (χ0n) is 15.3. The minimum atomic E-state index is -0.415. The molecule has 5 rings (SSSR count). The van der Waals surface area contributed by atoms with Crippen LogP contribution in [-0.4, -0.2) is 27.9 Å². The number of para-hydroxylation sites is 1. The Bertz CT molecular complexity index is 1350. The van der Waals surface area contributed by atoms with E-state index in [-0.39, 0.29) is 0 Å². The zero-order chi connectivity index (χ0) is 20.1. The molecule has 3 heterocycles. The maximum atomic E-state index is 12.8. The van der Waals surface area contributed by atoms with E-state index in [1.165, 1.54) is 0 Å². The van der Waals surface area contributed by atoms with E-state index in [2.05, 4.69) is 10.3 Å². The molecule has 2 aromatic carbocycles. The van der Waals surface area contributed by atoms with Crippen molar-refractivity contribution in [3.8, 4) is 0 Å². The van der Waals surface area contributed by atoms with Gasteiger partial charge in [-0.1, -0.05) is 29.8 Å². The van der Waals surface area contributed by atoms with E-state index < -0.39 is 11.8 Å². The summed E-state index contributed by atoms with van der Waals surface area (Å²) in [5.74, 6) is -0.821. The average molecular weight is 405 g/mol. The molecule has 7 heteroatoms. The summed E-state index contributed by atoms with van der Waals surface area (Å²) < 4.78 is 2.01. The molecule has 0 atom stereocenters. The van der Waals surface area contributed by atoms with E-state index >= 15 is 0 Å². The Kier molecular flexibility index (Phi) is 4.04. The Balaban J connectivity index is 1.83. The number of rotatable bonds is 4. The maximum Gasteiger partial charge on any atom is 0.259 e. The van der Waals surface area contributed by atoms with Gasteiger partial charge in [0.2, 0.25) is 0 Å². The number of fused-ring (bicyclic) bond motifs is 2. The van der Waals surface area contributed by atoms with Crippen LogP contribution in [0.1, 0.15) is 11.1 Å². The monoisotopic (exact) mass is 404 g/mol. The first-order valence-electron chi connectivity index (χ1n) is 9.23. The van der Waals surface area contributed by atoms with Gasteiger partial charge in [-0.2, -0.15) is 0 Å². The first-order valence-corrected chi connectivity index (χ1v) is 9.61. The predicted molar refractivity (Wildman–Crippen MR) is 114 cm³/mol. The fraction of sp³-hybridized carbons (Fsp3) is 0.0909. The molecule has 0 saturated heterocycles. The molecular weight excluding hydrogens is 388 g/mol. The Morgan fingerprint density at radius 2 is 1.72 bits per heavy atom. The van der Waals surface area contributed by atoms with Crippen molar-refractivity contribution < 1.29 is 9.59 Å². The Morgan fingerprint density at radius 3 is 2.52 bits per heavy atom. The van der Waals surface area contributed by atoms with Crippen LogP contribution in [0.4, 0.5) is 0 Å². The van der Waals surface area contributed by atoms with Crippen molar-refractivity contribution in [2.75, 3.05) is 6.54 Å². The van der Waals surface area contributed by atoms with E-state index in [0.717, 1.165) is 21.8 Å². The standard InChI is InChI=1S/C22H17ClN4O2/c23-12-5-6-17-14(9-12)15(10-25-17)19-20(22(29)26-21(19)28)16-11-27(8-7-24)18-4-2-1-3-13(16)18/h1-6,9-11,25H,7-8,24H2,(H,26,28,29). The van der Waals surface area contributed by atoms with Crippen LogP contribution in [-0.2, 0) is 16.1 Å². The van der Waals surface area contributed by atoms with Crippen LogP contribution in [0.2, 0.25) is 5.02 Å². The SMILES string of the molecule is NCCn1cc(C2=C(c3c[nH]c4ccc(Cl)cc34)C(=O)NC2=O)c2ccccc21. The topological polar surface area (TPSA) is 92.9 Å². The van der Waals surface area contributed by atoms with Gasteiger partial charge in [0, 0.05) is 63.4 Å². The summed E-state index contributed by atoms with van der Waals surface area (Å²) >= 11 is 6.18. The van der Waals surface area contributed by atoms with Gasteiger partial charge in [0.05, 0.1) is 11.1 Å². The molecule has 6 nitrogen and oxygen atoms in total. The molecule has 0 unspecified atom stereocenters. The molecule has 2 aromatic heterocycles. The number of aromatic amines is 1. The van der Waals surface area contributed by atoms with Crippen molar-refractivity contribution in [1.82, 2.24) is 14.9 Å². The molecule has 2 amide bonds. The number of aromatic nitrogens is 2. The van der Waals surface area contributed by atoms with Crippen molar-refractivity contribution >= 4 is 56.4 Å². The molecule has 0 aliphatic carbocycles. The fourth-order valence-electron chi connectivity index (χ4n) is 4.04. The molecule has 0 radical (unpaired) electrons. The highest BCUT2D eigenvalue weighted by Crippen LogP contribution is 2.38. The first-order chi connectivity index (χ1) is 14.1. The number of hydrogen-bond donors (Lipinski definition) is 3. The minimum Gasteiger partial charge on any atom is -0.361 e. The third-order valence-corrected chi connectivity index (χ3v) is 5.51.